The Morgan fingerprint density at radius 2 is 2.06 bits per heavy atom. The first kappa shape index (κ1) is 11.7. The van der Waals surface area contributed by atoms with Gasteiger partial charge in [0.2, 0.25) is 0 Å². The van der Waals surface area contributed by atoms with Crippen molar-refractivity contribution in [3.8, 4) is 6.07 Å². The van der Waals surface area contributed by atoms with Gasteiger partial charge in [0, 0.05) is 19.3 Å². The molecular formula is C10H12N4O2S. The molecule has 2 N–H and O–H groups in total. The number of rotatable bonds is 1. The number of hydrogen-bond donors (Lipinski definition) is 1. The summed E-state index contributed by atoms with van der Waals surface area (Å²) in [6.07, 6.45) is 1.44. The van der Waals surface area contributed by atoms with Gasteiger partial charge in [0.25, 0.3) is 0 Å². The Kier molecular flexibility index (Phi) is 2.90. The van der Waals surface area contributed by atoms with Gasteiger partial charge in [-0.3, -0.25) is 0 Å². The van der Waals surface area contributed by atoms with E-state index >= 15 is 0 Å². The molecule has 7 heteroatoms. The lowest BCUT2D eigenvalue weighted by atomic mass is 10.2. The van der Waals surface area contributed by atoms with Crippen LogP contribution in [0.4, 0.5) is 11.5 Å². The van der Waals surface area contributed by atoms with Gasteiger partial charge in [-0.05, 0) is 6.07 Å². The van der Waals surface area contributed by atoms with E-state index in [0.717, 1.165) is 0 Å². The van der Waals surface area contributed by atoms with E-state index in [1.807, 2.05) is 11.0 Å². The lowest BCUT2D eigenvalue weighted by Crippen LogP contribution is -2.41. The zero-order valence-electron chi connectivity index (χ0n) is 9.13. The maximum Gasteiger partial charge on any atom is 0.153 e. The first-order valence-electron chi connectivity index (χ1n) is 5.13. The highest BCUT2D eigenvalue weighted by Crippen LogP contribution is 2.22. The van der Waals surface area contributed by atoms with Crippen LogP contribution in [0.5, 0.6) is 0 Å². The van der Waals surface area contributed by atoms with E-state index in [2.05, 4.69) is 4.98 Å². The molecule has 17 heavy (non-hydrogen) atoms. The van der Waals surface area contributed by atoms with Gasteiger partial charge >= 0.3 is 0 Å². The number of nitriles is 1. The second-order valence-corrected chi connectivity index (χ2v) is 6.19. The average Bonchev–Trinajstić information content (AvgIpc) is 2.29. The molecule has 0 aromatic carbocycles. The number of nitrogens with zero attached hydrogens (tertiary/aromatic N) is 3. The second kappa shape index (κ2) is 4.22. The first-order chi connectivity index (χ1) is 8.02. The molecule has 0 aliphatic carbocycles. The van der Waals surface area contributed by atoms with Gasteiger partial charge in [0.1, 0.15) is 6.07 Å². The summed E-state index contributed by atoms with van der Waals surface area (Å²) in [5, 5.41) is 8.69. The number of anilines is 2. The highest BCUT2D eigenvalue weighted by Gasteiger charge is 2.23. The van der Waals surface area contributed by atoms with Crippen LogP contribution in [0.2, 0.25) is 0 Å². The summed E-state index contributed by atoms with van der Waals surface area (Å²) in [4.78, 5) is 5.93. The van der Waals surface area contributed by atoms with Crippen LogP contribution < -0.4 is 10.6 Å². The number of aromatic nitrogens is 1. The van der Waals surface area contributed by atoms with Crippen LogP contribution in [0.3, 0.4) is 0 Å². The van der Waals surface area contributed by atoms with Crippen LogP contribution in [0.1, 0.15) is 5.56 Å². The Morgan fingerprint density at radius 1 is 1.41 bits per heavy atom. The molecule has 0 amide bonds. The summed E-state index contributed by atoms with van der Waals surface area (Å²) in [6, 6.07) is 3.50. The third-order valence-electron chi connectivity index (χ3n) is 2.67. The minimum absolute atomic E-state index is 0.119. The summed E-state index contributed by atoms with van der Waals surface area (Å²) in [5.74, 6) is 0.793. The normalized spacial score (nSPS) is 18.6. The Hall–Kier alpha value is -1.81. The predicted molar refractivity (Wildman–Crippen MR) is 64.2 cm³/mol. The molecule has 6 nitrogen and oxygen atoms in total. The van der Waals surface area contributed by atoms with Crippen molar-refractivity contribution in [3.63, 3.8) is 0 Å². The quantitative estimate of drug-likeness (QED) is 0.741. The van der Waals surface area contributed by atoms with Crippen LogP contribution in [-0.2, 0) is 9.84 Å². The standard InChI is InChI=1S/C10H12N4O2S/c11-6-8-5-9(12)10(13-7-8)14-1-3-17(15,16)4-2-14/h5,7H,1-4,12H2. The molecule has 0 saturated carbocycles. The predicted octanol–water partition coefficient (Wildman–Crippen LogP) is -0.230. The summed E-state index contributed by atoms with van der Waals surface area (Å²) in [5.41, 5.74) is 6.60. The molecule has 2 rings (SSSR count). The molecular weight excluding hydrogens is 240 g/mol. The summed E-state index contributed by atoms with van der Waals surface area (Å²) in [6.45, 7) is 0.789. The maximum atomic E-state index is 11.3. The van der Waals surface area contributed by atoms with Crippen LogP contribution in [-0.4, -0.2) is 38.0 Å². The van der Waals surface area contributed by atoms with E-state index in [1.165, 1.54) is 6.20 Å². The fraction of sp³-hybridized carbons (Fsp3) is 0.400. The molecule has 90 valence electrons. The van der Waals surface area contributed by atoms with E-state index < -0.39 is 9.84 Å². The lowest BCUT2D eigenvalue weighted by molar-refractivity contribution is 0.586. The molecule has 0 radical (unpaired) electrons. The third kappa shape index (κ3) is 2.47. The van der Waals surface area contributed by atoms with E-state index in [-0.39, 0.29) is 11.5 Å². The van der Waals surface area contributed by atoms with Gasteiger partial charge in [-0.25, -0.2) is 13.4 Å². The summed E-state index contributed by atoms with van der Waals surface area (Å²) in [7, 11) is -2.91. The summed E-state index contributed by atoms with van der Waals surface area (Å²) < 4.78 is 22.6. The molecule has 0 atom stereocenters. The van der Waals surface area contributed by atoms with Crippen LogP contribution >= 0.6 is 0 Å². The molecule has 1 aliphatic rings. The van der Waals surface area contributed by atoms with Crippen molar-refractivity contribution in [1.82, 2.24) is 4.98 Å². The Labute approximate surface area is 99.6 Å². The average molecular weight is 252 g/mol. The van der Waals surface area contributed by atoms with Crippen molar-refractivity contribution in [2.75, 3.05) is 35.2 Å². The number of hydrogen-bond acceptors (Lipinski definition) is 6. The minimum atomic E-state index is -2.91. The Morgan fingerprint density at radius 3 is 2.59 bits per heavy atom. The molecule has 1 fully saturated rings. The van der Waals surface area contributed by atoms with E-state index in [1.54, 1.807) is 6.07 Å². The number of sulfone groups is 1. The lowest BCUT2D eigenvalue weighted by Gasteiger charge is -2.28. The number of nitrogen functional groups attached to an aromatic ring is 1. The Balaban J connectivity index is 2.22. The van der Waals surface area contributed by atoms with Crippen LogP contribution in [0, 0.1) is 11.3 Å². The van der Waals surface area contributed by atoms with Crippen LogP contribution in [0.25, 0.3) is 0 Å². The van der Waals surface area contributed by atoms with Gasteiger partial charge in [-0.1, -0.05) is 0 Å². The number of pyridine rings is 1. The fourth-order valence-corrected chi connectivity index (χ4v) is 2.93. The molecule has 1 aromatic heterocycles. The van der Waals surface area contributed by atoms with Gasteiger partial charge in [-0.2, -0.15) is 5.26 Å². The van der Waals surface area contributed by atoms with Crippen molar-refractivity contribution in [2.24, 2.45) is 0 Å². The van der Waals surface area contributed by atoms with Gasteiger partial charge < -0.3 is 10.6 Å². The smallest absolute Gasteiger partial charge is 0.153 e. The third-order valence-corrected chi connectivity index (χ3v) is 4.28. The SMILES string of the molecule is N#Cc1cnc(N2CCS(=O)(=O)CC2)c(N)c1. The Bertz CT molecular complexity index is 562. The molecule has 1 aromatic rings. The van der Waals surface area contributed by atoms with Crippen molar-refractivity contribution in [1.29, 1.82) is 5.26 Å². The largest absolute Gasteiger partial charge is 0.396 e. The number of nitrogens with two attached hydrogens (primary N) is 1. The van der Waals surface area contributed by atoms with Gasteiger partial charge in [0.15, 0.2) is 15.7 Å². The monoisotopic (exact) mass is 252 g/mol. The van der Waals surface area contributed by atoms with Crippen LogP contribution in [0.15, 0.2) is 12.3 Å². The maximum absolute atomic E-state index is 11.3. The van der Waals surface area contributed by atoms with Crippen molar-refractivity contribution >= 4 is 21.3 Å². The first-order valence-corrected chi connectivity index (χ1v) is 6.95. The summed E-state index contributed by atoms with van der Waals surface area (Å²) >= 11 is 0. The molecule has 0 spiro atoms. The van der Waals surface area contributed by atoms with Gasteiger partial charge in [-0.15, -0.1) is 0 Å². The van der Waals surface area contributed by atoms with E-state index in [9.17, 15) is 8.42 Å². The fourth-order valence-electron chi connectivity index (χ4n) is 1.72. The van der Waals surface area contributed by atoms with Crippen molar-refractivity contribution in [3.05, 3.63) is 17.8 Å². The van der Waals surface area contributed by atoms with Gasteiger partial charge in [0.05, 0.1) is 22.8 Å². The van der Waals surface area contributed by atoms with E-state index in [4.69, 9.17) is 11.0 Å². The topological polar surface area (TPSA) is 100 Å². The highest BCUT2D eigenvalue weighted by atomic mass is 32.2. The molecule has 1 saturated heterocycles. The molecule has 0 bridgehead atoms. The zero-order valence-corrected chi connectivity index (χ0v) is 9.94. The molecule has 0 unspecified atom stereocenters. The minimum Gasteiger partial charge on any atom is -0.396 e. The highest BCUT2D eigenvalue weighted by molar-refractivity contribution is 7.91. The molecule has 2 heterocycles. The zero-order chi connectivity index (χ0) is 12.5. The second-order valence-electron chi connectivity index (χ2n) is 3.89. The molecule has 1 aliphatic heterocycles. The van der Waals surface area contributed by atoms with Crippen molar-refractivity contribution in [2.45, 2.75) is 0 Å². The van der Waals surface area contributed by atoms with E-state index in [0.29, 0.717) is 30.2 Å². The van der Waals surface area contributed by atoms with Crippen molar-refractivity contribution < 1.29 is 8.42 Å².